The number of carbonyl (C=O) groups is 1. The number of sulfonamides is 1. The van der Waals surface area contributed by atoms with Crippen molar-refractivity contribution in [2.45, 2.75) is 46.6 Å². The minimum absolute atomic E-state index is 0.299. The molecule has 1 N–H and O–H groups in total. The van der Waals surface area contributed by atoms with Gasteiger partial charge in [0.25, 0.3) is 0 Å². The van der Waals surface area contributed by atoms with E-state index in [0.29, 0.717) is 12.2 Å². The van der Waals surface area contributed by atoms with E-state index in [0.717, 1.165) is 30.2 Å². The molecule has 152 valence electrons. The Kier molecular flexibility index (Phi) is 7.24. The highest BCUT2D eigenvalue weighted by Crippen LogP contribution is 2.23. The first-order valence-electron chi connectivity index (χ1n) is 9.49. The predicted molar refractivity (Wildman–Crippen MR) is 115 cm³/mol. The Morgan fingerprint density at radius 1 is 1.04 bits per heavy atom. The molecule has 0 radical (unpaired) electrons. The van der Waals surface area contributed by atoms with Crippen LogP contribution in [0.15, 0.2) is 42.5 Å². The first kappa shape index (κ1) is 22.0. The van der Waals surface area contributed by atoms with E-state index in [1.807, 2.05) is 19.9 Å². The molecule has 5 nitrogen and oxygen atoms in total. The summed E-state index contributed by atoms with van der Waals surface area (Å²) in [6, 6.07) is 12.9. The van der Waals surface area contributed by atoms with Crippen LogP contribution in [-0.4, -0.2) is 33.2 Å². The van der Waals surface area contributed by atoms with Gasteiger partial charge in [0.1, 0.15) is 6.04 Å². The quantitative estimate of drug-likeness (QED) is 0.687. The Hall–Kier alpha value is -2.34. The summed E-state index contributed by atoms with van der Waals surface area (Å²) in [5.41, 5.74) is 5.01. The molecule has 1 amide bonds. The summed E-state index contributed by atoms with van der Waals surface area (Å²) in [6.07, 6.45) is 2.79. The molecule has 0 bridgehead atoms. The zero-order valence-electron chi connectivity index (χ0n) is 17.3. The monoisotopic (exact) mass is 402 g/mol. The average Bonchev–Trinajstić information content (AvgIpc) is 2.62. The summed E-state index contributed by atoms with van der Waals surface area (Å²) < 4.78 is 25.9. The number of hydrogen-bond donors (Lipinski definition) is 1. The molecule has 0 spiro atoms. The van der Waals surface area contributed by atoms with E-state index in [9.17, 15) is 13.2 Å². The van der Waals surface area contributed by atoms with Gasteiger partial charge in [-0.25, -0.2) is 8.42 Å². The lowest BCUT2D eigenvalue weighted by Gasteiger charge is -2.28. The Morgan fingerprint density at radius 3 is 2.25 bits per heavy atom. The van der Waals surface area contributed by atoms with E-state index < -0.39 is 16.1 Å². The maximum atomic E-state index is 12.6. The standard InChI is InChI=1S/C22H30N2O3S/c1-16-8-11-20(12-9-16)7-6-14-23-22(25)19(4)24(28(5,26)27)21-13-10-17(2)18(3)15-21/h8-13,15,19H,6-7,14H2,1-5H3,(H,23,25)/t19-/m0/s1. The van der Waals surface area contributed by atoms with Gasteiger partial charge in [-0.2, -0.15) is 0 Å². The maximum absolute atomic E-state index is 12.6. The third-order valence-corrected chi connectivity index (χ3v) is 6.14. The van der Waals surface area contributed by atoms with Gasteiger partial charge in [0.15, 0.2) is 0 Å². The molecule has 0 aliphatic carbocycles. The SMILES string of the molecule is Cc1ccc(CCCNC(=O)[C@H](C)N(c2ccc(C)c(C)c2)S(C)(=O)=O)cc1. The van der Waals surface area contributed by atoms with E-state index in [2.05, 4.69) is 36.5 Å². The normalized spacial score (nSPS) is 12.5. The molecular formula is C22H30N2O3S. The van der Waals surface area contributed by atoms with Crippen LogP contribution in [-0.2, 0) is 21.2 Å². The lowest BCUT2D eigenvalue weighted by atomic mass is 10.1. The Labute approximate surface area is 168 Å². The third-order valence-electron chi connectivity index (χ3n) is 4.90. The van der Waals surface area contributed by atoms with Crippen molar-refractivity contribution in [2.75, 3.05) is 17.1 Å². The van der Waals surface area contributed by atoms with E-state index in [1.54, 1.807) is 19.1 Å². The first-order chi connectivity index (χ1) is 13.1. The van der Waals surface area contributed by atoms with Crippen LogP contribution in [0.1, 0.15) is 35.6 Å². The fourth-order valence-electron chi connectivity index (χ4n) is 3.08. The summed E-state index contributed by atoms with van der Waals surface area (Å²) in [6.45, 7) is 8.06. The topological polar surface area (TPSA) is 66.5 Å². The average molecular weight is 403 g/mol. The first-order valence-corrected chi connectivity index (χ1v) is 11.3. The van der Waals surface area contributed by atoms with Crippen molar-refractivity contribution in [3.8, 4) is 0 Å². The predicted octanol–water partition coefficient (Wildman–Crippen LogP) is 3.52. The molecule has 2 rings (SSSR count). The highest BCUT2D eigenvalue weighted by molar-refractivity contribution is 7.92. The van der Waals surface area contributed by atoms with Gasteiger partial charge in [-0.05, 0) is 69.4 Å². The Bertz CT molecular complexity index is 921. The number of amides is 1. The van der Waals surface area contributed by atoms with Gasteiger partial charge in [-0.15, -0.1) is 0 Å². The van der Waals surface area contributed by atoms with Crippen molar-refractivity contribution in [3.05, 3.63) is 64.7 Å². The van der Waals surface area contributed by atoms with Crippen LogP contribution in [0.2, 0.25) is 0 Å². The van der Waals surface area contributed by atoms with Crippen molar-refractivity contribution in [1.29, 1.82) is 0 Å². The van der Waals surface area contributed by atoms with E-state index in [1.165, 1.54) is 15.4 Å². The molecule has 1 atom stereocenters. The molecule has 0 saturated heterocycles. The summed E-state index contributed by atoms with van der Waals surface area (Å²) in [4.78, 5) is 12.6. The van der Waals surface area contributed by atoms with Gasteiger partial charge in [0.2, 0.25) is 15.9 Å². The fraction of sp³-hybridized carbons (Fsp3) is 0.409. The molecule has 0 saturated carbocycles. The molecule has 0 heterocycles. The van der Waals surface area contributed by atoms with Crippen molar-refractivity contribution in [3.63, 3.8) is 0 Å². The smallest absolute Gasteiger partial charge is 0.243 e. The second kappa shape index (κ2) is 9.24. The molecule has 28 heavy (non-hydrogen) atoms. The molecule has 6 heteroatoms. The molecule has 2 aromatic rings. The number of hydrogen-bond acceptors (Lipinski definition) is 3. The van der Waals surface area contributed by atoms with Crippen LogP contribution in [0.25, 0.3) is 0 Å². The van der Waals surface area contributed by atoms with E-state index in [-0.39, 0.29) is 5.91 Å². The summed E-state index contributed by atoms with van der Waals surface area (Å²) in [5, 5.41) is 2.87. The molecular weight excluding hydrogens is 372 g/mol. The van der Waals surface area contributed by atoms with Crippen LogP contribution in [0, 0.1) is 20.8 Å². The van der Waals surface area contributed by atoms with Crippen LogP contribution in [0.5, 0.6) is 0 Å². The van der Waals surface area contributed by atoms with Gasteiger partial charge in [-0.1, -0.05) is 35.9 Å². The zero-order chi connectivity index (χ0) is 20.9. The van der Waals surface area contributed by atoms with Gasteiger partial charge >= 0.3 is 0 Å². The highest BCUT2D eigenvalue weighted by Gasteiger charge is 2.29. The molecule has 0 aliphatic heterocycles. The Balaban J connectivity index is 2.01. The lowest BCUT2D eigenvalue weighted by molar-refractivity contribution is -0.121. The van der Waals surface area contributed by atoms with Gasteiger partial charge in [0.05, 0.1) is 11.9 Å². The third kappa shape index (κ3) is 5.83. The Morgan fingerprint density at radius 2 is 1.68 bits per heavy atom. The minimum atomic E-state index is -3.60. The maximum Gasteiger partial charge on any atom is 0.243 e. The van der Waals surface area contributed by atoms with Crippen molar-refractivity contribution in [2.24, 2.45) is 0 Å². The van der Waals surface area contributed by atoms with Crippen molar-refractivity contribution in [1.82, 2.24) is 5.32 Å². The second-order valence-electron chi connectivity index (χ2n) is 7.38. The number of anilines is 1. The molecule has 0 unspecified atom stereocenters. The summed E-state index contributed by atoms with van der Waals surface area (Å²) in [7, 11) is -3.60. The number of rotatable bonds is 8. The van der Waals surface area contributed by atoms with E-state index in [4.69, 9.17) is 0 Å². The summed E-state index contributed by atoms with van der Waals surface area (Å²) in [5.74, 6) is -0.299. The second-order valence-corrected chi connectivity index (χ2v) is 9.24. The molecule has 0 fully saturated rings. The number of benzene rings is 2. The number of carbonyl (C=O) groups excluding carboxylic acids is 1. The number of nitrogens with one attached hydrogen (secondary N) is 1. The molecule has 0 aliphatic rings. The largest absolute Gasteiger partial charge is 0.354 e. The van der Waals surface area contributed by atoms with Crippen LogP contribution in [0.4, 0.5) is 5.69 Å². The van der Waals surface area contributed by atoms with Crippen molar-refractivity contribution < 1.29 is 13.2 Å². The minimum Gasteiger partial charge on any atom is -0.354 e. The van der Waals surface area contributed by atoms with Crippen LogP contribution >= 0.6 is 0 Å². The fourth-order valence-corrected chi connectivity index (χ4v) is 4.24. The van der Waals surface area contributed by atoms with Crippen LogP contribution in [0.3, 0.4) is 0 Å². The number of aryl methyl sites for hydroxylation is 4. The van der Waals surface area contributed by atoms with Gasteiger partial charge in [0, 0.05) is 6.54 Å². The highest BCUT2D eigenvalue weighted by atomic mass is 32.2. The number of nitrogens with zero attached hydrogens (tertiary/aromatic N) is 1. The van der Waals surface area contributed by atoms with Crippen molar-refractivity contribution >= 4 is 21.6 Å². The lowest BCUT2D eigenvalue weighted by Crippen LogP contribution is -2.48. The zero-order valence-corrected chi connectivity index (χ0v) is 18.1. The summed E-state index contributed by atoms with van der Waals surface area (Å²) >= 11 is 0. The van der Waals surface area contributed by atoms with Gasteiger partial charge in [-0.3, -0.25) is 9.10 Å². The van der Waals surface area contributed by atoms with Crippen LogP contribution < -0.4 is 9.62 Å². The van der Waals surface area contributed by atoms with Gasteiger partial charge < -0.3 is 5.32 Å². The molecule has 0 aromatic heterocycles. The van der Waals surface area contributed by atoms with E-state index >= 15 is 0 Å². The molecule has 2 aromatic carbocycles.